The summed E-state index contributed by atoms with van der Waals surface area (Å²) in [6.45, 7) is 8.97. The number of aromatic nitrogens is 2. The van der Waals surface area contributed by atoms with Crippen LogP contribution < -0.4 is 0 Å². The lowest BCUT2D eigenvalue weighted by atomic mass is 9.91. The fraction of sp³-hybridized carbons (Fsp3) is 0.647. The third kappa shape index (κ3) is 2.96. The van der Waals surface area contributed by atoms with Gasteiger partial charge in [0, 0.05) is 19.1 Å². The van der Waals surface area contributed by atoms with E-state index in [1.807, 2.05) is 27.1 Å². The van der Waals surface area contributed by atoms with Crippen molar-refractivity contribution in [1.29, 1.82) is 0 Å². The molecule has 2 heterocycles. The number of likely N-dealkylation sites (N-methyl/N-ethyl adjacent to an activating group) is 1. The summed E-state index contributed by atoms with van der Waals surface area (Å²) in [7, 11) is 0.343. The first-order valence-electron chi connectivity index (χ1n) is 8.53. The number of hydrogen-bond donors (Lipinski definition) is 0. The molecule has 138 valence electrons. The molecule has 0 bridgehead atoms. The summed E-state index contributed by atoms with van der Waals surface area (Å²) >= 11 is 0. The van der Waals surface area contributed by atoms with Gasteiger partial charge in [0.15, 0.2) is 5.52 Å². The summed E-state index contributed by atoms with van der Waals surface area (Å²) < 4.78 is 33.2. The minimum atomic E-state index is -3.67. The largest absolute Gasteiger partial charge is 0.305 e. The lowest BCUT2D eigenvalue weighted by Gasteiger charge is -2.27. The number of fused-ring (bicyclic) bond motifs is 1. The molecule has 1 aliphatic rings. The molecule has 25 heavy (non-hydrogen) atoms. The predicted molar refractivity (Wildman–Crippen MR) is 95.8 cm³/mol. The molecule has 1 fully saturated rings. The molecule has 0 N–H and O–H groups in total. The molecule has 0 amide bonds. The van der Waals surface area contributed by atoms with Gasteiger partial charge in [-0.3, -0.25) is 0 Å². The van der Waals surface area contributed by atoms with E-state index in [1.165, 1.54) is 0 Å². The maximum Gasteiger partial charge on any atom is 0.245 e. The van der Waals surface area contributed by atoms with E-state index in [-0.39, 0.29) is 10.9 Å². The Morgan fingerprint density at radius 2 is 1.80 bits per heavy atom. The standard InChI is InChI=1S/C17H26N4O3S/c1-10(2)13-8-21(9-14(13)20(5)6)25(22,23)17-12(4)7-11(3)15-16(17)19-24-18-15/h7,10,13-14H,8-9H2,1-6H3. The molecule has 1 saturated heterocycles. The fourth-order valence-electron chi connectivity index (χ4n) is 3.87. The highest BCUT2D eigenvalue weighted by molar-refractivity contribution is 7.89. The van der Waals surface area contributed by atoms with E-state index in [0.717, 1.165) is 5.56 Å². The van der Waals surface area contributed by atoms with Crippen LogP contribution in [-0.4, -0.2) is 61.2 Å². The van der Waals surface area contributed by atoms with Crippen molar-refractivity contribution in [3.05, 3.63) is 17.2 Å². The van der Waals surface area contributed by atoms with Gasteiger partial charge in [0.05, 0.1) is 0 Å². The molecule has 8 heteroatoms. The average molecular weight is 366 g/mol. The number of rotatable bonds is 4. The van der Waals surface area contributed by atoms with Crippen LogP contribution in [0.5, 0.6) is 0 Å². The Morgan fingerprint density at radius 1 is 1.16 bits per heavy atom. The molecule has 1 aromatic heterocycles. The third-order valence-corrected chi connectivity index (χ3v) is 7.29. The molecule has 0 aliphatic carbocycles. The SMILES string of the molecule is Cc1cc(C)c2nonc2c1S(=O)(=O)N1CC(C(C)C)C(N(C)C)C1. The minimum absolute atomic E-state index is 0.200. The number of hydrogen-bond acceptors (Lipinski definition) is 6. The maximum absolute atomic E-state index is 13.4. The smallest absolute Gasteiger partial charge is 0.245 e. The fourth-order valence-corrected chi connectivity index (χ4v) is 5.69. The van der Waals surface area contributed by atoms with Crippen molar-refractivity contribution in [2.24, 2.45) is 11.8 Å². The van der Waals surface area contributed by atoms with E-state index in [1.54, 1.807) is 11.2 Å². The highest BCUT2D eigenvalue weighted by atomic mass is 32.2. The molecule has 7 nitrogen and oxygen atoms in total. The van der Waals surface area contributed by atoms with Crippen molar-refractivity contribution in [2.75, 3.05) is 27.2 Å². The van der Waals surface area contributed by atoms with Gasteiger partial charge >= 0.3 is 0 Å². The number of nitrogens with zero attached hydrogens (tertiary/aromatic N) is 4. The van der Waals surface area contributed by atoms with Crippen molar-refractivity contribution in [1.82, 2.24) is 19.5 Å². The van der Waals surface area contributed by atoms with E-state index >= 15 is 0 Å². The second kappa shape index (κ2) is 6.34. The summed E-state index contributed by atoms with van der Waals surface area (Å²) in [5, 5.41) is 7.75. The number of aryl methyl sites for hydroxylation is 2. The van der Waals surface area contributed by atoms with Crippen molar-refractivity contribution < 1.29 is 13.0 Å². The van der Waals surface area contributed by atoms with Gasteiger partial charge in [-0.15, -0.1) is 0 Å². The molecule has 1 aliphatic heterocycles. The van der Waals surface area contributed by atoms with Crippen LogP contribution in [0.4, 0.5) is 0 Å². The highest BCUT2D eigenvalue weighted by Crippen LogP contribution is 2.35. The van der Waals surface area contributed by atoms with E-state index in [9.17, 15) is 8.42 Å². The third-order valence-electron chi connectivity index (χ3n) is 5.29. The van der Waals surface area contributed by atoms with Gasteiger partial charge in [0.2, 0.25) is 10.0 Å². The number of benzene rings is 1. The van der Waals surface area contributed by atoms with Gasteiger partial charge in [-0.25, -0.2) is 13.0 Å². The summed E-state index contributed by atoms with van der Waals surface area (Å²) in [5.74, 6) is 0.696. The summed E-state index contributed by atoms with van der Waals surface area (Å²) in [6.07, 6.45) is 0. The topological polar surface area (TPSA) is 79.5 Å². The Morgan fingerprint density at radius 3 is 2.36 bits per heavy atom. The molecule has 1 aromatic carbocycles. The molecule has 2 atom stereocenters. The van der Waals surface area contributed by atoms with E-state index in [2.05, 4.69) is 29.1 Å². The van der Waals surface area contributed by atoms with Crippen LogP contribution >= 0.6 is 0 Å². The first-order chi connectivity index (χ1) is 11.6. The lowest BCUT2D eigenvalue weighted by Crippen LogP contribution is -2.37. The Hall–Kier alpha value is -1.51. The van der Waals surface area contributed by atoms with Crippen LogP contribution in [0, 0.1) is 25.7 Å². The van der Waals surface area contributed by atoms with Gasteiger partial charge in [0.1, 0.15) is 10.4 Å². The molecule has 2 unspecified atom stereocenters. The number of sulfonamides is 1. The average Bonchev–Trinajstić information content (AvgIpc) is 3.13. The molecule has 0 spiro atoms. The minimum Gasteiger partial charge on any atom is -0.305 e. The molecule has 2 aromatic rings. The van der Waals surface area contributed by atoms with Crippen molar-refractivity contribution in [2.45, 2.75) is 38.6 Å². The molecule has 3 rings (SSSR count). The zero-order valence-electron chi connectivity index (χ0n) is 15.6. The van der Waals surface area contributed by atoms with E-state index < -0.39 is 10.0 Å². The van der Waals surface area contributed by atoms with Gasteiger partial charge < -0.3 is 4.90 Å². The van der Waals surface area contributed by atoms with E-state index in [0.29, 0.717) is 41.5 Å². The molecule has 0 radical (unpaired) electrons. The van der Waals surface area contributed by atoms with Gasteiger partial charge in [0.25, 0.3) is 0 Å². The first-order valence-corrected chi connectivity index (χ1v) is 9.97. The van der Waals surface area contributed by atoms with Crippen LogP contribution in [0.2, 0.25) is 0 Å². The molecule has 0 saturated carbocycles. The van der Waals surface area contributed by atoms with Crippen LogP contribution in [0.15, 0.2) is 15.6 Å². The second-order valence-corrected chi connectivity index (χ2v) is 9.44. The summed E-state index contributed by atoms with van der Waals surface area (Å²) in [5.41, 5.74) is 2.37. The lowest BCUT2D eigenvalue weighted by molar-refractivity contribution is 0.216. The molecular formula is C17H26N4O3S. The van der Waals surface area contributed by atoms with Gasteiger partial charge in [-0.1, -0.05) is 19.9 Å². The Labute approximate surface area is 149 Å². The first kappa shape index (κ1) is 18.3. The van der Waals surface area contributed by atoms with Gasteiger partial charge in [-0.2, -0.15) is 4.31 Å². The monoisotopic (exact) mass is 366 g/mol. The van der Waals surface area contributed by atoms with Crippen LogP contribution in [-0.2, 0) is 10.0 Å². The van der Waals surface area contributed by atoms with Crippen molar-refractivity contribution in [3.63, 3.8) is 0 Å². The van der Waals surface area contributed by atoms with E-state index in [4.69, 9.17) is 4.63 Å². The Balaban J connectivity index is 2.08. The predicted octanol–water partition coefficient (Wildman–Crippen LogP) is 2.05. The zero-order chi connectivity index (χ0) is 18.5. The normalized spacial score (nSPS) is 22.6. The highest BCUT2D eigenvalue weighted by Gasteiger charge is 2.42. The maximum atomic E-state index is 13.4. The van der Waals surface area contributed by atoms with Crippen LogP contribution in [0.25, 0.3) is 11.0 Å². The Bertz CT molecular complexity index is 873. The van der Waals surface area contributed by atoms with Gasteiger partial charge in [-0.05, 0) is 61.2 Å². The van der Waals surface area contributed by atoms with Crippen molar-refractivity contribution in [3.8, 4) is 0 Å². The summed E-state index contributed by atoms with van der Waals surface area (Å²) in [6, 6.07) is 2.03. The van der Waals surface area contributed by atoms with Crippen molar-refractivity contribution >= 4 is 21.1 Å². The van der Waals surface area contributed by atoms with Crippen LogP contribution in [0.3, 0.4) is 0 Å². The zero-order valence-corrected chi connectivity index (χ0v) is 16.5. The summed E-state index contributed by atoms with van der Waals surface area (Å²) in [4.78, 5) is 2.34. The Kier molecular flexibility index (Phi) is 4.63. The molecular weight excluding hydrogens is 340 g/mol. The second-order valence-electron chi connectivity index (χ2n) is 7.56. The quantitative estimate of drug-likeness (QED) is 0.824. The van der Waals surface area contributed by atoms with Crippen LogP contribution in [0.1, 0.15) is 25.0 Å².